The minimum absolute atomic E-state index is 0.0988. The quantitative estimate of drug-likeness (QED) is 0.893. The van der Waals surface area contributed by atoms with Gasteiger partial charge in [0.05, 0.1) is 4.90 Å². The van der Waals surface area contributed by atoms with Crippen LogP contribution in [0.15, 0.2) is 29.2 Å². The van der Waals surface area contributed by atoms with Crippen molar-refractivity contribution in [2.75, 3.05) is 20.1 Å². The Hall–Kier alpha value is -1.60. The number of benzene rings is 1. The third-order valence-corrected chi connectivity index (χ3v) is 5.54. The molecule has 1 aromatic carbocycles. The topological polar surface area (TPSA) is 69.7 Å². The van der Waals surface area contributed by atoms with Crippen LogP contribution in [0.2, 0.25) is 0 Å². The molecular formula is C15H23N3O3S. The highest BCUT2D eigenvalue weighted by Crippen LogP contribution is 2.15. The van der Waals surface area contributed by atoms with Crippen LogP contribution in [-0.4, -0.2) is 56.5 Å². The van der Waals surface area contributed by atoms with Crippen molar-refractivity contribution in [1.29, 1.82) is 0 Å². The van der Waals surface area contributed by atoms with Crippen LogP contribution in [-0.2, 0) is 10.0 Å². The summed E-state index contributed by atoms with van der Waals surface area (Å²) in [5, 5.41) is 0. The normalized spacial score (nSPS) is 23.4. The highest BCUT2D eigenvalue weighted by molar-refractivity contribution is 7.90. The van der Waals surface area contributed by atoms with Gasteiger partial charge in [0.15, 0.2) is 0 Å². The van der Waals surface area contributed by atoms with E-state index in [9.17, 15) is 13.2 Å². The van der Waals surface area contributed by atoms with Gasteiger partial charge in [-0.1, -0.05) is 17.7 Å². The molecule has 7 heteroatoms. The van der Waals surface area contributed by atoms with E-state index < -0.39 is 16.1 Å². The maximum Gasteiger partial charge on any atom is 0.331 e. The van der Waals surface area contributed by atoms with E-state index >= 15 is 0 Å². The Morgan fingerprint density at radius 1 is 1.14 bits per heavy atom. The van der Waals surface area contributed by atoms with Crippen LogP contribution in [0.5, 0.6) is 0 Å². The predicted octanol–water partition coefficient (Wildman–Crippen LogP) is 1.42. The molecule has 1 aromatic rings. The summed E-state index contributed by atoms with van der Waals surface area (Å²) in [6.45, 7) is 6.93. The van der Waals surface area contributed by atoms with Crippen LogP contribution in [0.4, 0.5) is 4.79 Å². The molecule has 22 heavy (non-hydrogen) atoms. The zero-order valence-corrected chi connectivity index (χ0v) is 14.2. The van der Waals surface area contributed by atoms with Crippen molar-refractivity contribution in [3.63, 3.8) is 0 Å². The second-order valence-corrected chi connectivity index (χ2v) is 7.67. The predicted molar refractivity (Wildman–Crippen MR) is 85.2 cm³/mol. The van der Waals surface area contributed by atoms with Crippen LogP contribution >= 0.6 is 0 Å². The molecule has 2 unspecified atom stereocenters. The van der Waals surface area contributed by atoms with Crippen molar-refractivity contribution >= 4 is 16.1 Å². The first kappa shape index (κ1) is 16.8. The van der Waals surface area contributed by atoms with E-state index in [-0.39, 0.29) is 17.0 Å². The Morgan fingerprint density at radius 3 is 2.14 bits per heavy atom. The minimum Gasteiger partial charge on any atom is -0.321 e. The van der Waals surface area contributed by atoms with Gasteiger partial charge in [-0.15, -0.1) is 0 Å². The molecule has 0 bridgehead atoms. The van der Waals surface area contributed by atoms with Gasteiger partial charge < -0.3 is 4.90 Å². The Labute approximate surface area is 132 Å². The Kier molecular flexibility index (Phi) is 4.77. The van der Waals surface area contributed by atoms with E-state index in [0.29, 0.717) is 13.1 Å². The lowest BCUT2D eigenvalue weighted by Crippen LogP contribution is -2.58. The van der Waals surface area contributed by atoms with E-state index in [1.807, 2.05) is 27.8 Å². The lowest BCUT2D eigenvalue weighted by Gasteiger charge is -2.42. The number of aryl methyl sites for hydroxylation is 1. The molecule has 1 aliphatic rings. The van der Waals surface area contributed by atoms with Crippen molar-refractivity contribution in [3.8, 4) is 0 Å². The molecule has 0 spiro atoms. The van der Waals surface area contributed by atoms with Crippen molar-refractivity contribution < 1.29 is 13.2 Å². The van der Waals surface area contributed by atoms with E-state index in [4.69, 9.17) is 0 Å². The summed E-state index contributed by atoms with van der Waals surface area (Å²) in [6.07, 6.45) is 0. The molecule has 2 amide bonds. The number of piperazine rings is 1. The average molecular weight is 325 g/mol. The van der Waals surface area contributed by atoms with E-state index in [0.717, 1.165) is 5.56 Å². The van der Waals surface area contributed by atoms with Gasteiger partial charge in [-0.3, -0.25) is 4.90 Å². The van der Waals surface area contributed by atoms with Crippen molar-refractivity contribution in [1.82, 2.24) is 14.5 Å². The standard InChI is InChI=1S/C15H23N3O3S/c1-11-5-7-14(8-6-11)22(20,21)16-15(19)18-9-12(2)17(4)13(3)10-18/h5-8,12-13H,9-10H2,1-4H3,(H,16,19). The second-order valence-electron chi connectivity index (χ2n) is 5.99. The Balaban J connectivity index is 2.09. The number of likely N-dealkylation sites (N-methyl/N-ethyl adjacent to an activating group) is 1. The second kappa shape index (κ2) is 6.26. The Morgan fingerprint density at radius 2 is 1.64 bits per heavy atom. The third-order valence-electron chi connectivity index (χ3n) is 4.20. The first-order valence-electron chi connectivity index (χ1n) is 7.31. The summed E-state index contributed by atoms with van der Waals surface area (Å²) >= 11 is 0. The van der Waals surface area contributed by atoms with E-state index in [1.54, 1.807) is 17.0 Å². The van der Waals surface area contributed by atoms with Gasteiger partial charge in [-0.25, -0.2) is 17.9 Å². The molecule has 1 aliphatic heterocycles. The fraction of sp³-hybridized carbons (Fsp3) is 0.533. The van der Waals surface area contributed by atoms with Gasteiger partial charge in [0.25, 0.3) is 10.0 Å². The monoisotopic (exact) mass is 325 g/mol. The van der Waals surface area contributed by atoms with Crippen molar-refractivity contribution in [3.05, 3.63) is 29.8 Å². The molecule has 2 atom stereocenters. The molecule has 0 saturated carbocycles. The van der Waals surface area contributed by atoms with Crippen LogP contribution in [0.3, 0.4) is 0 Å². The number of sulfonamides is 1. The molecule has 122 valence electrons. The maximum atomic E-state index is 12.3. The number of rotatable bonds is 2. The van der Waals surface area contributed by atoms with Gasteiger partial charge in [0.2, 0.25) is 0 Å². The summed E-state index contributed by atoms with van der Waals surface area (Å²) in [5.74, 6) is 0. The SMILES string of the molecule is Cc1ccc(S(=O)(=O)NC(=O)N2CC(C)N(C)C(C)C2)cc1. The first-order chi connectivity index (χ1) is 10.2. The number of hydrogen-bond donors (Lipinski definition) is 1. The number of amides is 2. The molecule has 1 N–H and O–H groups in total. The van der Waals surface area contributed by atoms with E-state index in [1.165, 1.54) is 12.1 Å². The van der Waals surface area contributed by atoms with Crippen LogP contribution in [0, 0.1) is 6.92 Å². The summed E-state index contributed by atoms with van der Waals surface area (Å²) in [7, 11) is -1.82. The maximum absolute atomic E-state index is 12.3. The van der Waals surface area contributed by atoms with Gasteiger partial charge in [0, 0.05) is 25.2 Å². The van der Waals surface area contributed by atoms with Gasteiger partial charge >= 0.3 is 6.03 Å². The number of hydrogen-bond acceptors (Lipinski definition) is 4. The summed E-state index contributed by atoms with van der Waals surface area (Å²) in [5.41, 5.74) is 0.965. The van der Waals surface area contributed by atoms with Gasteiger partial charge in [-0.2, -0.15) is 0 Å². The first-order valence-corrected chi connectivity index (χ1v) is 8.79. The smallest absolute Gasteiger partial charge is 0.321 e. The molecule has 2 rings (SSSR count). The summed E-state index contributed by atoms with van der Waals surface area (Å²) in [6, 6.07) is 6.24. The summed E-state index contributed by atoms with van der Waals surface area (Å²) < 4.78 is 26.7. The highest BCUT2D eigenvalue weighted by Gasteiger charge is 2.31. The molecule has 0 aromatic heterocycles. The van der Waals surface area contributed by atoms with Crippen molar-refractivity contribution in [2.24, 2.45) is 0 Å². The fourth-order valence-corrected chi connectivity index (χ4v) is 3.50. The largest absolute Gasteiger partial charge is 0.331 e. The zero-order valence-electron chi connectivity index (χ0n) is 13.4. The molecular weight excluding hydrogens is 302 g/mol. The lowest BCUT2D eigenvalue weighted by atomic mass is 10.1. The zero-order chi connectivity index (χ0) is 16.5. The van der Waals surface area contributed by atoms with Crippen LogP contribution in [0.1, 0.15) is 19.4 Å². The minimum atomic E-state index is -3.83. The highest BCUT2D eigenvalue weighted by atomic mass is 32.2. The number of carbonyl (C=O) groups excluding carboxylic acids is 1. The van der Waals surface area contributed by atoms with E-state index in [2.05, 4.69) is 9.62 Å². The number of nitrogens with one attached hydrogen (secondary N) is 1. The fourth-order valence-electron chi connectivity index (χ4n) is 2.53. The summed E-state index contributed by atoms with van der Waals surface area (Å²) in [4.78, 5) is 16.1. The number of carbonyl (C=O) groups is 1. The van der Waals surface area contributed by atoms with Crippen molar-refractivity contribution in [2.45, 2.75) is 37.8 Å². The molecule has 1 saturated heterocycles. The molecule has 0 radical (unpaired) electrons. The molecule has 1 fully saturated rings. The Bertz CT molecular complexity index is 631. The van der Waals surface area contributed by atoms with Crippen LogP contribution in [0.25, 0.3) is 0 Å². The average Bonchev–Trinajstić information content (AvgIpc) is 2.44. The molecule has 0 aliphatic carbocycles. The molecule has 1 heterocycles. The van der Waals surface area contributed by atoms with Gasteiger partial charge in [0.1, 0.15) is 0 Å². The third kappa shape index (κ3) is 3.59. The lowest BCUT2D eigenvalue weighted by molar-refractivity contribution is 0.0789. The number of urea groups is 1. The van der Waals surface area contributed by atoms with Crippen LogP contribution < -0.4 is 4.72 Å². The number of nitrogens with zero attached hydrogens (tertiary/aromatic N) is 2. The van der Waals surface area contributed by atoms with Gasteiger partial charge in [-0.05, 0) is 40.0 Å². The molecule has 6 nitrogen and oxygen atoms in total.